The van der Waals surface area contributed by atoms with Gasteiger partial charge in [-0.2, -0.15) is 0 Å². The van der Waals surface area contributed by atoms with Gasteiger partial charge >= 0.3 is 12.8 Å². The topological polar surface area (TPSA) is 61.8 Å². The van der Waals surface area contributed by atoms with E-state index in [4.69, 9.17) is 13.8 Å². The molecule has 0 aliphatic carbocycles. The van der Waals surface area contributed by atoms with Crippen molar-refractivity contribution in [3.05, 3.63) is 0 Å². The lowest BCUT2D eigenvalue weighted by molar-refractivity contribution is -0.142. The summed E-state index contributed by atoms with van der Waals surface area (Å²) in [5, 5.41) is 0. The Hall–Kier alpha value is -0.0300. The summed E-state index contributed by atoms with van der Waals surface area (Å²) >= 11 is 1.04. The van der Waals surface area contributed by atoms with Crippen molar-refractivity contribution >= 4 is 24.1 Å². The van der Waals surface area contributed by atoms with Crippen molar-refractivity contribution in [3.63, 3.8) is 0 Å². The average Bonchev–Trinajstić information content (AvgIpc) is 2.18. The largest absolute Gasteiger partial charge is 0.466 e. The molecule has 0 aliphatic heterocycles. The molecule has 0 atom stereocenters. The monoisotopic (exact) mass is 270 g/mol. The second-order valence-electron chi connectivity index (χ2n) is 2.67. The van der Waals surface area contributed by atoms with E-state index in [-0.39, 0.29) is 12.4 Å². The van der Waals surface area contributed by atoms with Gasteiger partial charge in [-0.25, -0.2) is 4.57 Å². The number of rotatable bonds is 9. The van der Waals surface area contributed by atoms with Crippen LogP contribution in [0.2, 0.25) is 0 Å². The van der Waals surface area contributed by atoms with Crippen LogP contribution in [0.1, 0.15) is 27.2 Å². The lowest BCUT2D eigenvalue weighted by atomic mass is 10.5. The quantitative estimate of drug-likeness (QED) is 0.474. The van der Waals surface area contributed by atoms with Gasteiger partial charge < -0.3 is 13.8 Å². The van der Waals surface area contributed by atoms with Gasteiger partial charge in [-0.3, -0.25) is 4.79 Å². The third-order valence-corrected chi connectivity index (χ3v) is 5.42. The predicted octanol–water partition coefficient (Wildman–Crippen LogP) is 2.85. The molecule has 0 aliphatic rings. The van der Waals surface area contributed by atoms with Crippen LogP contribution in [0.25, 0.3) is 0 Å². The highest BCUT2D eigenvalue weighted by Crippen LogP contribution is 2.60. The molecule has 0 heterocycles. The van der Waals surface area contributed by atoms with E-state index in [1.54, 1.807) is 20.8 Å². The maximum atomic E-state index is 11.9. The van der Waals surface area contributed by atoms with Crippen molar-refractivity contribution < 1.29 is 23.1 Å². The first kappa shape index (κ1) is 16.0. The molecule has 0 aromatic rings. The van der Waals surface area contributed by atoms with Gasteiger partial charge in [0.05, 0.1) is 26.2 Å². The molecule has 0 spiro atoms. The van der Waals surface area contributed by atoms with Crippen LogP contribution in [-0.2, 0) is 23.1 Å². The number of ether oxygens (including phenoxy) is 1. The van der Waals surface area contributed by atoms with Crippen molar-refractivity contribution in [2.75, 3.05) is 25.6 Å². The SMILES string of the molecule is CCOC(=O)CCSP(=O)(OCC)OCC. The van der Waals surface area contributed by atoms with Crippen LogP contribution in [0, 0.1) is 0 Å². The van der Waals surface area contributed by atoms with E-state index < -0.39 is 6.80 Å². The van der Waals surface area contributed by atoms with Crippen molar-refractivity contribution in [1.82, 2.24) is 0 Å². The highest BCUT2D eigenvalue weighted by molar-refractivity contribution is 8.55. The van der Waals surface area contributed by atoms with Crippen LogP contribution in [-0.4, -0.2) is 31.5 Å². The smallest absolute Gasteiger partial charge is 0.389 e. The van der Waals surface area contributed by atoms with Gasteiger partial charge in [0.25, 0.3) is 0 Å². The van der Waals surface area contributed by atoms with Crippen molar-refractivity contribution in [2.45, 2.75) is 27.2 Å². The fourth-order valence-electron chi connectivity index (χ4n) is 0.902. The summed E-state index contributed by atoms with van der Waals surface area (Å²) in [5.74, 6) is 0.0744. The Morgan fingerprint density at radius 2 is 1.69 bits per heavy atom. The van der Waals surface area contributed by atoms with E-state index in [9.17, 15) is 9.36 Å². The molecule has 7 heteroatoms. The third-order valence-electron chi connectivity index (χ3n) is 1.44. The molecule has 0 saturated carbocycles. The summed E-state index contributed by atoms with van der Waals surface area (Å²) in [5.41, 5.74) is 0. The normalized spacial score (nSPS) is 11.4. The second kappa shape index (κ2) is 9.05. The maximum Gasteiger partial charge on any atom is 0.389 e. The molecule has 0 aromatic heterocycles. The molecule has 0 saturated heterocycles. The van der Waals surface area contributed by atoms with Gasteiger partial charge in [0.2, 0.25) is 0 Å². The van der Waals surface area contributed by atoms with E-state index in [1.165, 1.54) is 0 Å². The minimum atomic E-state index is -3.09. The Morgan fingerprint density at radius 1 is 1.12 bits per heavy atom. The minimum absolute atomic E-state index is 0.211. The highest BCUT2D eigenvalue weighted by Gasteiger charge is 2.24. The number of carbonyl (C=O) groups excluding carboxylic acids is 1. The molecule has 0 aromatic carbocycles. The highest BCUT2D eigenvalue weighted by atomic mass is 32.7. The number of carbonyl (C=O) groups is 1. The number of esters is 1. The van der Waals surface area contributed by atoms with Gasteiger partial charge in [0.15, 0.2) is 0 Å². The molecule has 0 N–H and O–H groups in total. The molecule has 0 bridgehead atoms. The van der Waals surface area contributed by atoms with Crippen molar-refractivity contribution in [1.29, 1.82) is 0 Å². The third kappa shape index (κ3) is 7.28. The number of hydrogen-bond acceptors (Lipinski definition) is 6. The Morgan fingerprint density at radius 3 is 2.12 bits per heavy atom. The molecule has 16 heavy (non-hydrogen) atoms. The van der Waals surface area contributed by atoms with Crippen LogP contribution >= 0.6 is 18.2 Å². The summed E-state index contributed by atoms with van der Waals surface area (Å²) in [6, 6.07) is 0. The van der Waals surface area contributed by atoms with Crippen LogP contribution in [0.3, 0.4) is 0 Å². The van der Waals surface area contributed by atoms with Gasteiger partial charge in [0.1, 0.15) is 0 Å². The van der Waals surface area contributed by atoms with Crippen molar-refractivity contribution in [3.8, 4) is 0 Å². The van der Waals surface area contributed by atoms with E-state index in [0.29, 0.717) is 25.6 Å². The minimum Gasteiger partial charge on any atom is -0.466 e. The molecule has 0 fully saturated rings. The Balaban J connectivity index is 3.93. The van der Waals surface area contributed by atoms with Gasteiger partial charge in [0, 0.05) is 5.75 Å². The van der Waals surface area contributed by atoms with Gasteiger partial charge in [-0.1, -0.05) is 0 Å². The van der Waals surface area contributed by atoms with Gasteiger partial charge in [-0.15, -0.1) is 0 Å². The Labute approximate surface area is 100 Å². The average molecular weight is 270 g/mol. The van der Waals surface area contributed by atoms with E-state index in [1.807, 2.05) is 0 Å². The second-order valence-corrected chi connectivity index (χ2v) is 6.86. The van der Waals surface area contributed by atoms with Crippen LogP contribution in [0.4, 0.5) is 0 Å². The summed E-state index contributed by atoms with van der Waals surface area (Å²) in [6.45, 7) is 3.16. The zero-order valence-corrected chi connectivity index (χ0v) is 11.6. The number of hydrogen-bond donors (Lipinski definition) is 0. The summed E-state index contributed by atoms with van der Waals surface area (Å²) < 4.78 is 26.8. The standard InChI is InChI=1S/C9H19O5PS/c1-4-12-9(10)7-8-16-15(11,13-5-2)14-6-3/h4-8H2,1-3H3. The lowest BCUT2D eigenvalue weighted by Crippen LogP contribution is -2.05. The lowest BCUT2D eigenvalue weighted by Gasteiger charge is -2.15. The maximum absolute atomic E-state index is 11.9. The Bertz CT molecular complexity index is 236. The van der Waals surface area contributed by atoms with Crippen LogP contribution in [0.5, 0.6) is 0 Å². The summed E-state index contributed by atoms with van der Waals surface area (Å²) in [7, 11) is 0. The zero-order chi connectivity index (χ0) is 12.4. The van der Waals surface area contributed by atoms with E-state index >= 15 is 0 Å². The van der Waals surface area contributed by atoms with Crippen LogP contribution < -0.4 is 0 Å². The first-order chi connectivity index (χ1) is 7.58. The molecule has 0 radical (unpaired) electrons. The zero-order valence-electron chi connectivity index (χ0n) is 9.93. The first-order valence-corrected chi connectivity index (χ1v) is 8.40. The van der Waals surface area contributed by atoms with E-state index in [0.717, 1.165) is 11.4 Å². The Kier molecular flexibility index (Phi) is 9.03. The van der Waals surface area contributed by atoms with Crippen LogP contribution in [0.15, 0.2) is 0 Å². The first-order valence-electron chi connectivity index (χ1n) is 5.27. The fourth-order valence-corrected chi connectivity index (χ4v) is 4.26. The predicted molar refractivity (Wildman–Crippen MR) is 64.6 cm³/mol. The van der Waals surface area contributed by atoms with Crippen molar-refractivity contribution in [2.24, 2.45) is 0 Å². The molecule has 5 nitrogen and oxygen atoms in total. The molecule has 96 valence electrons. The molecular weight excluding hydrogens is 251 g/mol. The summed E-state index contributed by atoms with van der Waals surface area (Å²) in [4.78, 5) is 11.0. The van der Waals surface area contributed by atoms with E-state index in [2.05, 4.69) is 0 Å². The molecule has 0 rings (SSSR count). The van der Waals surface area contributed by atoms with Gasteiger partial charge in [-0.05, 0) is 32.2 Å². The molecular formula is C9H19O5PS. The molecule has 0 unspecified atom stereocenters. The fraction of sp³-hybridized carbons (Fsp3) is 0.889. The molecule has 0 amide bonds. The summed E-state index contributed by atoms with van der Waals surface area (Å²) in [6.07, 6.45) is 0.211.